The zero-order valence-corrected chi connectivity index (χ0v) is 12.5. The highest BCUT2D eigenvalue weighted by atomic mass is 32.2. The molecule has 8 heteroatoms. The van der Waals surface area contributed by atoms with Gasteiger partial charge >= 0.3 is 0 Å². The molecule has 0 amide bonds. The van der Waals surface area contributed by atoms with Crippen molar-refractivity contribution in [2.24, 2.45) is 0 Å². The van der Waals surface area contributed by atoms with Crippen LogP contribution in [-0.4, -0.2) is 18.2 Å². The Morgan fingerprint density at radius 3 is 2.61 bits per heavy atom. The van der Waals surface area contributed by atoms with E-state index < -0.39 is 26.6 Å². The molecule has 5 nitrogen and oxygen atoms in total. The van der Waals surface area contributed by atoms with Crippen LogP contribution in [0.15, 0.2) is 65.8 Å². The number of nitrogens with one attached hydrogen (secondary N) is 1. The summed E-state index contributed by atoms with van der Waals surface area (Å²) in [5.74, 6) is -1.86. The molecule has 1 N–H and O–H groups in total. The molecule has 2 aromatic carbocycles. The fraction of sp³-hybridized carbons (Fsp3) is 0. The third-order valence-corrected chi connectivity index (χ3v) is 4.45. The van der Waals surface area contributed by atoms with Gasteiger partial charge in [0.15, 0.2) is 0 Å². The molecule has 0 aliphatic carbocycles. The molecule has 0 saturated heterocycles. The number of anilines is 1. The fourth-order valence-electron chi connectivity index (χ4n) is 2.03. The van der Waals surface area contributed by atoms with Crippen molar-refractivity contribution in [3.63, 3.8) is 0 Å². The van der Waals surface area contributed by atoms with Gasteiger partial charge in [-0.3, -0.25) is 4.72 Å². The van der Waals surface area contributed by atoms with Crippen molar-refractivity contribution in [3.8, 4) is 5.69 Å². The smallest absolute Gasteiger partial charge is 0.264 e. The van der Waals surface area contributed by atoms with E-state index >= 15 is 0 Å². The Labute approximate surface area is 131 Å². The molecule has 0 unspecified atom stereocenters. The number of hydrogen-bond acceptors (Lipinski definition) is 3. The van der Waals surface area contributed by atoms with E-state index in [1.807, 2.05) is 0 Å². The number of hydrogen-bond donors (Lipinski definition) is 1. The van der Waals surface area contributed by atoms with Crippen LogP contribution < -0.4 is 4.72 Å². The van der Waals surface area contributed by atoms with Crippen LogP contribution in [0.1, 0.15) is 0 Å². The Hall–Kier alpha value is -2.74. The minimum atomic E-state index is -4.25. The maximum atomic E-state index is 13.7. The van der Waals surface area contributed by atoms with E-state index in [4.69, 9.17) is 0 Å². The van der Waals surface area contributed by atoms with Crippen molar-refractivity contribution in [1.29, 1.82) is 0 Å². The number of benzene rings is 2. The van der Waals surface area contributed by atoms with Crippen LogP contribution >= 0.6 is 0 Å². The molecule has 0 radical (unpaired) electrons. The molecule has 3 aromatic rings. The van der Waals surface area contributed by atoms with E-state index in [-0.39, 0.29) is 5.69 Å². The molecular formula is C15H11F2N3O2S. The molecule has 23 heavy (non-hydrogen) atoms. The van der Waals surface area contributed by atoms with Crippen LogP contribution in [0.2, 0.25) is 0 Å². The molecule has 1 aromatic heterocycles. The number of halogens is 2. The molecule has 0 atom stereocenters. The van der Waals surface area contributed by atoms with Gasteiger partial charge in [0.05, 0.1) is 11.4 Å². The highest BCUT2D eigenvalue weighted by Gasteiger charge is 2.20. The Balaban J connectivity index is 1.95. The van der Waals surface area contributed by atoms with Crippen LogP contribution in [0.4, 0.5) is 14.5 Å². The SMILES string of the molecule is O=S(=O)(Nc1cccc(-n2cccn2)c1)c1cc(F)ccc1F. The topological polar surface area (TPSA) is 64.0 Å². The third-order valence-electron chi connectivity index (χ3n) is 3.05. The lowest BCUT2D eigenvalue weighted by atomic mass is 10.3. The molecule has 0 fully saturated rings. The van der Waals surface area contributed by atoms with E-state index in [2.05, 4.69) is 9.82 Å². The summed E-state index contributed by atoms with van der Waals surface area (Å²) in [6.07, 6.45) is 3.28. The molecule has 0 aliphatic heterocycles. The summed E-state index contributed by atoms with van der Waals surface area (Å²) in [5, 5.41) is 4.04. The summed E-state index contributed by atoms with van der Waals surface area (Å²) in [4.78, 5) is -0.748. The summed E-state index contributed by atoms with van der Waals surface area (Å²) in [6.45, 7) is 0. The van der Waals surface area contributed by atoms with Crippen LogP contribution in [-0.2, 0) is 10.0 Å². The van der Waals surface area contributed by atoms with Gasteiger partial charge in [0.1, 0.15) is 16.5 Å². The van der Waals surface area contributed by atoms with Gasteiger partial charge in [0.25, 0.3) is 10.0 Å². The second kappa shape index (κ2) is 5.81. The quantitative estimate of drug-likeness (QED) is 0.797. The molecular weight excluding hydrogens is 324 g/mol. The third kappa shape index (κ3) is 3.21. The normalized spacial score (nSPS) is 11.4. The lowest BCUT2D eigenvalue weighted by molar-refractivity contribution is 0.555. The first-order valence-electron chi connectivity index (χ1n) is 6.54. The minimum absolute atomic E-state index is 0.210. The lowest BCUT2D eigenvalue weighted by Gasteiger charge is -2.10. The first kappa shape index (κ1) is 15.2. The second-order valence-corrected chi connectivity index (χ2v) is 6.33. The second-order valence-electron chi connectivity index (χ2n) is 4.68. The van der Waals surface area contributed by atoms with Crippen molar-refractivity contribution < 1.29 is 17.2 Å². The molecule has 0 aliphatic rings. The predicted molar refractivity (Wildman–Crippen MR) is 80.7 cm³/mol. The first-order chi connectivity index (χ1) is 11.0. The Morgan fingerprint density at radius 2 is 1.87 bits per heavy atom. The number of rotatable bonds is 4. The molecule has 0 bridgehead atoms. The van der Waals surface area contributed by atoms with E-state index in [1.54, 1.807) is 35.3 Å². The largest absolute Gasteiger partial charge is 0.279 e. The minimum Gasteiger partial charge on any atom is -0.279 e. The van der Waals surface area contributed by atoms with E-state index in [1.165, 1.54) is 12.1 Å². The van der Waals surface area contributed by atoms with Gasteiger partial charge in [-0.15, -0.1) is 0 Å². The molecule has 1 heterocycles. The van der Waals surface area contributed by atoms with Gasteiger partial charge in [0.2, 0.25) is 0 Å². The van der Waals surface area contributed by atoms with Gasteiger partial charge in [0, 0.05) is 12.4 Å². The average Bonchev–Trinajstić information content (AvgIpc) is 3.04. The lowest BCUT2D eigenvalue weighted by Crippen LogP contribution is -2.15. The van der Waals surface area contributed by atoms with Gasteiger partial charge in [-0.1, -0.05) is 6.07 Å². The van der Waals surface area contributed by atoms with Crippen LogP contribution in [0, 0.1) is 11.6 Å². The molecule has 118 valence electrons. The highest BCUT2D eigenvalue weighted by Crippen LogP contribution is 2.21. The van der Waals surface area contributed by atoms with Crippen molar-refractivity contribution in [2.75, 3.05) is 4.72 Å². The zero-order valence-electron chi connectivity index (χ0n) is 11.6. The summed E-state index contributed by atoms with van der Waals surface area (Å²) < 4.78 is 55.1. The summed E-state index contributed by atoms with van der Waals surface area (Å²) >= 11 is 0. The van der Waals surface area contributed by atoms with Crippen molar-refractivity contribution in [3.05, 3.63) is 72.6 Å². The van der Waals surface area contributed by atoms with Crippen LogP contribution in [0.3, 0.4) is 0 Å². The van der Waals surface area contributed by atoms with E-state index in [0.717, 1.165) is 12.1 Å². The van der Waals surface area contributed by atoms with Gasteiger partial charge in [-0.2, -0.15) is 5.10 Å². The monoisotopic (exact) mass is 335 g/mol. The van der Waals surface area contributed by atoms with Crippen molar-refractivity contribution in [1.82, 2.24) is 9.78 Å². The standard InChI is InChI=1S/C15H11F2N3O2S/c16-11-5-6-14(17)15(9-11)23(21,22)19-12-3-1-4-13(10-12)20-8-2-7-18-20/h1-10,19H. The Kier molecular flexibility index (Phi) is 3.83. The number of sulfonamides is 1. The van der Waals surface area contributed by atoms with E-state index in [9.17, 15) is 17.2 Å². The predicted octanol–water partition coefficient (Wildman–Crippen LogP) is 2.95. The molecule has 0 spiro atoms. The highest BCUT2D eigenvalue weighted by molar-refractivity contribution is 7.92. The Morgan fingerprint density at radius 1 is 1.04 bits per heavy atom. The summed E-state index contributed by atoms with van der Waals surface area (Å²) in [6, 6.07) is 10.4. The van der Waals surface area contributed by atoms with Gasteiger partial charge < -0.3 is 0 Å². The maximum absolute atomic E-state index is 13.7. The average molecular weight is 335 g/mol. The number of nitrogens with zero attached hydrogens (tertiary/aromatic N) is 2. The molecule has 3 rings (SSSR count). The van der Waals surface area contributed by atoms with E-state index in [0.29, 0.717) is 11.8 Å². The maximum Gasteiger partial charge on any atom is 0.264 e. The first-order valence-corrected chi connectivity index (χ1v) is 8.02. The van der Waals surface area contributed by atoms with Crippen LogP contribution in [0.25, 0.3) is 5.69 Å². The van der Waals surface area contributed by atoms with Crippen LogP contribution in [0.5, 0.6) is 0 Å². The fourth-order valence-corrected chi connectivity index (χ4v) is 3.17. The van der Waals surface area contributed by atoms with Gasteiger partial charge in [-0.25, -0.2) is 21.9 Å². The van der Waals surface area contributed by atoms with Crippen molar-refractivity contribution in [2.45, 2.75) is 4.90 Å². The Bertz CT molecular complexity index is 941. The summed E-state index contributed by atoms with van der Waals surface area (Å²) in [5.41, 5.74) is 0.830. The molecule has 0 saturated carbocycles. The number of aromatic nitrogens is 2. The van der Waals surface area contributed by atoms with Crippen molar-refractivity contribution >= 4 is 15.7 Å². The summed E-state index contributed by atoms with van der Waals surface area (Å²) in [7, 11) is -4.25. The zero-order chi connectivity index (χ0) is 16.4. The van der Waals surface area contributed by atoms with Gasteiger partial charge in [-0.05, 0) is 42.5 Å².